The van der Waals surface area contributed by atoms with Gasteiger partial charge in [0.2, 0.25) is 11.8 Å². The zero-order valence-electron chi connectivity index (χ0n) is 17.2. The predicted octanol–water partition coefficient (Wildman–Crippen LogP) is -0.0648. The highest BCUT2D eigenvalue weighted by Gasteiger charge is 2.42. The van der Waals surface area contributed by atoms with Crippen LogP contribution < -0.4 is 16.6 Å². The third-order valence-electron chi connectivity index (χ3n) is 5.69. The highest BCUT2D eigenvalue weighted by Crippen LogP contribution is 2.37. The van der Waals surface area contributed by atoms with Gasteiger partial charge >= 0.3 is 5.69 Å². The highest BCUT2D eigenvalue weighted by molar-refractivity contribution is 5.90. The molecule has 0 saturated carbocycles. The van der Waals surface area contributed by atoms with E-state index < -0.39 is 34.9 Å². The SMILES string of the molecule is CN1C(=O)CC(C(=O)NCc2nc3c([nH]2)c(=O)n(C)c(=O)n3C)C1c1cccc(F)c1. The van der Waals surface area contributed by atoms with Gasteiger partial charge in [-0.05, 0) is 17.7 Å². The van der Waals surface area contributed by atoms with E-state index in [9.17, 15) is 23.6 Å². The monoisotopic (exact) mass is 428 g/mol. The van der Waals surface area contributed by atoms with Gasteiger partial charge in [0.05, 0.1) is 18.5 Å². The number of halogens is 1. The van der Waals surface area contributed by atoms with E-state index in [1.165, 1.54) is 41.8 Å². The Morgan fingerprint density at radius 3 is 2.68 bits per heavy atom. The molecule has 2 unspecified atom stereocenters. The van der Waals surface area contributed by atoms with Crippen LogP contribution in [0.2, 0.25) is 0 Å². The third kappa shape index (κ3) is 3.41. The summed E-state index contributed by atoms with van der Waals surface area (Å²) in [6, 6.07) is 5.24. The fraction of sp³-hybridized carbons (Fsp3) is 0.350. The molecule has 1 saturated heterocycles. The maximum absolute atomic E-state index is 13.7. The van der Waals surface area contributed by atoms with Gasteiger partial charge in [-0.1, -0.05) is 12.1 Å². The predicted molar refractivity (Wildman–Crippen MR) is 108 cm³/mol. The quantitative estimate of drug-likeness (QED) is 0.603. The number of aromatic nitrogens is 4. The molecule has 4 rings (SSSR count). The van der Waals surface area contributed by atoms with Crippen LogP contribution in [0.1, 0.15) is 23.9 Å². The number of nitrogens with zero attached hydrogens (tertiary/aromatic N) is 4. The molecule has 3 heterocycles. The molecule has 0 aliphatic carbocycles. The van der Waals surface area contributed by atoms with E-state index in [2.05, 4.69) is 15.3 Å². The first-order chi connectivity index (χ1) is 14.7. The van der Waals surface area contributed by atoms with E-state index in [4.69, 9.17) is 0 Å². The van der Waals surface area contributed by atoms with E-state index in [0.29, 0.717) is 11.4 Å². The Morgan fingerprint density at radius 2 is 1.97 bits per heavy atom. The van der Waals surface area contributed by atoms with Gasteiger partial charge in [-0.3, -0.25) is 23.5 Å². The van der Waals surface area contributed by atoms with Gasteiger partial charge in [-0.25, -0.2) is 14.2 Å². The first-order valence-electron chi connectivity index (χ1n) is 9.62. The molecule has 11 heteroatoms. The summed E-state index contributed by atoms with van der Waals surface area (Å²) in [5, 5.41) is 2.72. The number of H-pyrrole nitrogens is 1. The largest absolute Gasteiger partial charge is 0.349 e. The number of nitrogens with one attached hydrogen (secondary N) is 2. The van der Waals surface area contributed by atoms with Gasteiger partial charge < -0.3 is 15.2 Å². The molecule has 3 aromatic rings. The van der Waals surface area contributed by atoms with Crippen LogP contribution in [-0.2, 0) is 30.2 Å². The van der Waals surface area contributed by atoms with Crippen LogP contribution in [-0.4, -0.2) is 42.9 Å². The minimum absolute atomic E-state index is 0.00130. The average molecular weight is 428 g/mol. The molecule has 2 aromatic heterocycles. The van der Waals surface area contributed by atoms with Crippen LogP contribution in [0.5, 0.6) is 0 Å². The van der Waals surface area contributed by atoms with Crippen molar-refractivity contribution in [1.82, 2.24) is 29.3 Å². The number of aryl methyl sites for hydroxylation is 1. The first-order valence-corrected chi connectivity index (χ1v) is 9.62. The Morgan fingerprint density at radius 1 is 1.23 bits per heavy atom. The number of fused-ring (bicyclic) bond motifs is 1. The molecule has 1 fully saturated rings. The number of rotatable bonds is 4. The molecule has 0 radical (unpaired) electrons. The first kappa shape index (κ1) is 20.5. The van der Waals surface area contributed by atoms with Crippen LogP contribution in [0.15, 0.2) is 33.9 Å². The summed E-state index contributed by atoms with van der Waals surface area (Å²) >= 11 is 0. The number of aromatic amines is 1. The summed E-state index contributed by atoms with van der Waals surface area (Å²) < 4.78 is 15.9. The van der Waals surface area contributed by atoms with Gasteiger partial charge in [-0.2, -0.15) is 0 Å². The Kier molecular flexibility index (Phi) is 4.96. The highest BCUT2D eigenvalue weighted by atomic mass is 19.1. The van der Waals surface area contributed by atoms with E-state index in [-0.39, 0.29) is 30.0 Å². The van der Waals surface area contributed by atoms with Crippen molar-refractivity contribution in [3.8, 4) is 0 Å². The van der Waals surface area contributed by atoms with E-state index in [0.717, 1.165) is 4.57 Å². The molecule has 1 aliphatic rings. The summed E-state index contributed by atoms with van der Waals surface area (Å²) in [6.07, 6.45) is -0.00130. The number of carbonyl (C=O) groups excluding carboxylic acids is 2. The molecule has 0 spiro atoms. The van der Waals surface area contributed by atoms with Crippen molar-refractivity contribution in [1.29, 1.82) is 0 Å². The number of hydrogen-bond donors (Lipinski definition) is 2. The normalized spacial score (nSPS) is 18.7. The van der Waals surface area contributed by atoms with Crippen molar-refractivity contribution in [3.05, 3.63) is 62.3 Å². The second-order valence-electron chi connectivity index (χ2n) is 7.62. The maximum atomic E-state index is 13.7. The minimum atomic E-state index is -0.707. The molecular formula is C20H21FN6O4. The number of carbonyl (C=O) groups is 2. The molecular weight excluding hydrogens is 407 g/mol. The number of hydrogen-bond acceptors (Lipinski definition) is 5. The van der Waals surface area contributed by atoms with Crippen molar-refractivity contribution < 1.29 is 14.0 Å². The summed E-state index contributed by atoms with van der Waals surface area (Å²) in [7, 11) is 4.45. The van der Waals surface area contributed by atoms with E-state index in [1.807, 2.05) is 0 Å². The van der Waals surface area contributed by atoms with Crippen LogP contribution >= 0.6 is 0 Å². The number of imidazole rings is 1. The van der Waals surface area contributed by atoms with Crippen LogP contribution in [0.25, 0.3) is 11.2 Å². The lowest BCUT2D eigenvalue weighted by Gasteiger charge is -2.24. The molecule has 31 heavy (non-hydrogen) atoms. The lowest BCUT2D eigenvalue weighted by Crippen LogP contribution is -2.36. The second kappa shape index (κ2) is 7.49. The zero-order valence-corrected chi connectivity index (χ0v) is 17.2. The molecule has 0 bridgehead atoms. The molecule has 1 aliphatic heterocycles. The Hall–Kier alpha value is -3.76. The molecule has 2 amide bonds. The summed E-state index contributed by atoms with van der Waals surface area (Å²) in [6.45, 7) is -0.0326. The Bertz CT molecular complexity index is 1320. The third-order valence-corrected chi connectivity index (χ3v) is 5.69. The lowest BCUT2D eigenvalue weighted by molar-refractivity contribution is -0.128. The summed E-state index contributed by atoms with van der Waals surface area (Å²) in [4.78, 5) is 58.0. The zero-order chi connectivity index (χ0) is 22.4. The summed E-state index contributed by atoms with van der Waals surface area (Å²) in [5.41, 5.74) is -0.147. The van der Waals surface area contributed by atoms with Gasteiger partial charge in [0, 0.05) is 27.6 Å². The van der Waals surface area contributed by atoms with E-state index >= 15 is 0 Å². The van der Waals surface area contributed by atoms with Crippen molar-refractivity contribution in [2.45, 2.75) is 19.0 Å². The second-order valence-corrected chi connectivity index (χ2v) is 7.62. The standard InChI is InChI=1S/C20H21FN6O4/c1-25-14(28)8-12(16(25)10-5-4-6-11(21)7-10)18(29)22-9-13-23-15-17(24-13)26(2)20(31)27(3)19(15)30/h4-7,12,16H,8-9H2,1-3H3,(H,22,29)(H,23,24). The number of amides is 2. The fourth-order valence-electron chi connectivity index (χ4n) is 4.01. The van der Waals surface area contributed by atoms with Crippen molar-refractivity contribution in [2.24, 2.45) is 20.0 Å². The Balaban J connectivity index is 1.57. The van der Waals surface area contributed by atoms with Crippen molar-refractivity contribution in [2.75, 3.05) is 7.05 Å². The van der Waals surface area contributed by atoms with Gasteiger partial charge in [-0.15, -0.1) is 0 Å². The molecule has 2 atom stereocenters. The minimum Gasteiger partial charge on any atom is -0.349 e. The van der Waals surface area contributed by atoms with E-state index in [1.54, 1.807) is 13.1 Å². The summed E-state index contributed by atoms with van der Waals surface area (Å²) in [5.74, 6) is -1.47. The van der Waals surface area contributed by atoms with Crippen molar-refractivity contribution >= 4 is 23.0 Å². The fourth-order valence-corrected chi connectivity index (χ4v) is 4.01. The van der Waals surface area contributed by atoms with Crippen LogP contribution in [0.3, 0.4) is 0 Å². The van der Waals surface area contributed by atoms with Gasteiger partial charge in [0.1, 0.15) is 17.2 Å². The Labute approximate surface area is 175 Å². The number of benzene rings is 1. The molecule has 1 aromatic carbocycles. The van der Waals surface area contributed by atoms with Gasteiger partial charge in [0.15, 0.2) is 5.65 Å². The lowest BCUT2D eigenvalue weighted by atomic mass is 9.93. The maximum Gasteiger partial charge on any atom is 0.332 e. The average Bonchev–Trinajstić information content (AvgIpc) is 3.30. The van der Waals surface area contributed by atoms with Crippen LogP contribution in [0.4, 0.5) is 4.39 Å². The topological polar surface area (TPSA) is 122 Å². The molecule has 10 nitrogen and oxygen atoms in total. The molecule has 162 valence electrons. The van der Waals surface area contributed by atoms with Gasteiger partial charge in [0.25, 0.3) is 5.56 Å². The van der Waals surface area contributed by atoms with Crippen molar-refractivity contribution in [3.63, 3.8) is 0 Å². The van der Waals surface area contributed by atoms with Crippen LogP contribution in [0, 0.1) is 11.7 Å². The molecule has 2 N–H and O–H groups in total. The number of likely N-dealkylation sites (tertiary alicyclic amines) is 1. The smallest absolute Gasteiger partial charge is 0.332 e.